The maximum atomic E-state index is 6.42. The zero-order valence-corrected chi connectivity index (χ0v) is 15.2. The molecule has 2 heterocycles. The molecular formula is C18H24ClN3O3. The summed E-state index contributed by atoms with van der Waals surface area (Å²) in [6.07, 6.45) is 4.90. The lowest BCUT2D eigenvalue weighted by Crippen LogP contribution is -2.34. The van der Waals surface area contributed by atoms with Crippen LogP contribution in [0.4, 0.5) is 0 Å². The first kappa shape index (κ1) is 18.0. The van der Waals surface area contributed by atoms with Gasteiger partial charge in [0.1, 0.15) is 18.1 Å². The maximum Gasteiger partial charge on any atom is 0.233 e. The zero-order valence-electron chi connectivity index (χ0n) is 14.4. The van der Waals surface area contributed by atoms with Gasteiger partial charge in [-0.05, 0) is 49.9 Å². The van der Waals surface area contributed by atoms with Gasteiger partial charge < -0.3 is 19.7 Å². The molecule has 0 bridgehead atoms. The van der Waals surface area contributed by atoms with Gasteiger partial charge in [-0.1, -0.05) is 18.0 Å². The lowest BCUT2D eigenvalue weighted by molar-refractivity contribution is 0.228. The number of hydrogen-bond acceptors (Lipinski definition) is 6. The summed E-state index contributed by atoms with van der Waals surface area (Å²) in [5, 5.41) is 4.16. The topological polar surface area (TPSA) is 83.4 Å². The van der Waals surface area contributed by atoms with E-state index < -0.39 is 5.54 Å². The summed E-state index contributed by atoms with van der Waals surface area (Å²) in [4.78, 5) is 4.61. The van der Waals surface area contributed by atoms with Crippen LogP contribution in [0.2, 0.25) is 0 Å². The van der Waals surface area contributed by atoms with E-state index in [0.29, 0.717) is 24.9 Å². The third-order valence-electron chi connectivity index (χ3n) is 4.98. The van der Waals surface area contributed by atoms with Crippen LogP contribution in [0.25, 0.3) is 0 Å². The van der Waals surface area contributed by atoms with Crippen molar-refractivity contribution in [1.82, 2.24) is 10.1 Å². The van der Waals surface area contributed by atoms with E-state index in [0.717, 1.165) is 49.2 Å². The molecule has 1 fully saturated rings. The summed E-state index contributed by atoms with van der Waals surface area (Å²) in [6.45, 7) is 3.17. The standard InChI is InChI=1S/C18H23N3O3.ClH/c1-2-22-14-5-6-15-12(10-14)9-13(11-23-15)16-20-17(21-24-16)18(19)7-3-4-8-18;/h5-6,10,13H,2-4,7-9,11,19H2,1H3;1H. The summed E-state index contributed by atoms with van der Waals surface area (Å²) in [5.41, 5.74) is 7.11. The van der Waals surface area contributed by atoms with Crippen LogP contribution in [0.5, 0.6) is 11.5 Å². The van der Waals surface area contributed by atoms with E-state index in [-0.39, 0.29) is 18.3 Å². The van der Waals surface area contributed by atoms with Crippen molar-refractivity contribution in [2.24, 2.45) is 5.73 Å². The Kier molecular flexibility index (Phi) is 5.20. The normalized spacial score (nSPS) is 21.1. The van der Waals surface area contributed by atoms with Crippen LogP contribution in [-0.2, 0) is 12.0 Å². The molecule has 7 heteroatoms. The minimum Gasteiger partial charge on any atom is -0.494 e. The van der Waals surface area contributed by atoms with Gasteiger partial charge in [0.05, 0.1) is 18.1 Å². The molecule has 0 saturated heterocycles. The van der Waals surface area contributed by atoms with Gasteiger partial charge in [0, 0.05) is 0 Å². The van der Waals surface area contributed by atoms with Crippen LogP contribution in [0.15, 0.2) is 22.7 Å². The van der Waals surface area contributed by atoms with Gasteiger partial charge in [-0.15, -0.1) is 12.4 Å². The Balaban J connectivity index is 0.00000182. The van der Waals surface area contributed by atoms with E-state index in [2.05, 4.69) is 10.1 Å². The van der Waals surface area contributed by atoms with Gasteiger partial charge in [-0.2, -0.15) is 4.98 Å². The quantitative estimate of drug-likeness (QED) is 0.894. The van der Waals surface area contributed by atoms with Crippen LogP contribution in [0.1, 0.15) is 55.8 Å². The van der Waals surface area contributed by atoms with Gasteiger partial charge in [-0.3, -0.25) is 0 Å². The molecule has 136 valence electrons. The number of halogens is 1. The van der Waals surface area contributed by atoms with Crippen molar-refractivity contribution in [3.63, 3.8) is 0 Å². The zero-order chi connectivity index (χ0) is 16.6. The molecular weight excluding hydrogens is 342 g/mol. The van der Waals surface area contributed by atoms with Crippen molar-refractivity contribution in [3.8, 4) is 11.5 Å². The van der Waals surface area contributed by atoms with Crippen molar-refractivity contribution in [3.05, 3.63) is 35.5 Å². The molecule has 1 aromatic carbocycles. The number of aromatic nitrogens is 2. The van der Waals surface area contributed by atoms with Crippen LogP contribution in [0, 0.1) is 0 Å². The van der Waals surface area contributed by atoms with Crippen molar-refractivity contribution in [2.45, 2.75) is 50.5 Å². The van der Waals surface area contributed by atoms with Crippen molar-refractivity contribution in [1.29, 1.82) is 0 Å². The Morgan fingerprint density at radius 3 is 2.88 bits per heavy atom. The summed E-state index contributed by atoms with van der Waals surface area (Å²) in [7, 11) is 0. The number of nitrogens with zero attached hydrogens (tertiary/aromatic N) is 2. The summed E-state index contributed by atoms with van der Waals surface area (Å²) >= 11 is 0. The summed E-state index contributed by atoms with van der Waals surface area (Å²) < 4.78 is 17.0. The molecule has 1 atom stereocenters. The monoisotopic (exact) mass is 365 g/mol. The van der Waals surface area contributed by atoms with Crippen LogP contribution < -0.4 is 15.2 Å². The second kappa shape index (κ2) is 7.22. The van der Waals surface area contributed by atoms with E-state index in [1.54, 1.807) is 0 Å². The van der Waals surface area contributed by atoms with Crippen molar-refractivity contribution >= 4 is 12.4 Å². The summed E-state index contributed by atoms with van der Waals surface area (Å²) in [5.74, 6) is 3.08. The molecule has 0 amide bonds. The fourth-order valence-electron chi connectivity index (χ4n) is 3.62. The molecule has 1 saturated carbocycles. The molecule has 0 spiro atoms. The number of ether oxygens (including phenoxy) is 2. The third kappa shape index (κ3) is 3.46. The lowest BCUT2D eigenvalue weighted by atomic mass is 9.96. The Morgan fingerprint density at radius 2 is 2.12 bits per heavy atom. The molecule has 1 aliphatic carbocycles. The first-order chi connectivity index (χ1) is 11.7. The number of hydrogen-bond donors (Lipinski definition) is 1. The number of nitrogens with two attached hydrogens (primary N) is 1. The minimum absolute atomic E-state index is 0. The molecule has 1 unspecified atom stereocenters. The van der Waals surface area contributed by atoms with E-state index in [9.17, 15) is 0 Å². The largest absolute Gasteiger partial charge is 0.494 e. The van der Waals surface area contributed by atoms with Gasteiger partial charge in [0.25, 0.3) is 0 Å². The highest BCUT2D eigenvalue weighted by atomic mass is 35.5. The predicted molar refractivity (Wildman–Crippen MR) is 95.4 cm³/mol. The number of benzene rings is 1. The van der Waals surface area contributed by atoms with Gasteiger partial charge in [-0.25, -0.2) is 0 Å². The molecule has 1 aromatic heterocycles. The minimum atomic E-state index is -0.419. The van der Waals surface area contributed by atoms with Crippen LogP contribution >= 0.6 is 12.4 Å². The molecule has 2 aliphatic rings. The summed E-state index contributed by atoms with van der Waals surface area (Å²) in [6, 6.07) is 5.93. The Morgan fingerprint density at radius 1 is 1.32 bits per heavy atom. The van der Waals surface area contributed by atoms with Gasteiger partial charge in [0.2, 0.25) is 5.89 Å². The molecule has 4 rings (SSSR count). The van der Waals surface area contributed by atoms with Crippen molar-refractivity contribution in [2.75, 3.05) is 13.2 Å². The maximum absolute atomic E-state index is 6.42. The van der Waals surface area contributed by atoms with E-state index in [1.807, 2.05) is 25.1 Å². The molecule has 2 aromatic rings. The van der Waals surface area contributed by atoms with Crippen LogP contribution in [0.3, 0.4) is 0 Å². The average Bonchev–Trinajstić information content (AvgIpc) is 3.24. The first-order valence-electron chi connectivity index (χ1n) is 8.69. The van der Waals surface area contributed by atoms with Gasteiger partial charge in [0.15, 0.2) is 5.82 Å². The second-order valence-electron chi connectivity index (χ2n) is 6.73. The Hall–Kier alpha value is -1.79. The lowest BCUT2D eigenvalue weighted by Gasteiger charge is -2.23. The SMILES string of the molecule is CCOc1ccc2c(c1)CC(c1nc(C3(N)CCCC3)no1)CO2.Cl. The molecule has 25 heavy (non-hydrogen) atoms. The molecule has 6 nitrogen and oxygen atoms in total. The number of rotatable bonds is 4. The number of fused-ring (bicyclic) bond motifs is 1. The first-order valence-corrected chi connectivity index (χ1v) is 8.69. The fourth-order valence-corrected chi connectivity index (χ4v) is 3.62. The van der Waals surface area contributed by atoms with E-state index in [4.69, 9.17) is 19.7 Å². The van der Waals surface area contributed by atoms with E-state index >= 15 is 0 Å². The highest BCUT2D eigenvalue weighted by Gasteiger charge is 2.37. The third-order valence-corrected chi connectivity index (χ3v) is 4.98. The highest BCUT2D eigenvalue weighted by Crippen LogP contribution is 2.37. The molecule has 0 radical (unpaired) electrons. The van der Waals surface area contributed by atoms with E-state index in [1.165, 1.54) is 0 Å². The Bertz CT molecular complexity index is 728. The molecule has 1 aliphatic heterocycles. The highest BCUT2D eigenvalue weighted by molar-refractivity contribution is 5.85. The fraction of sp³-hybridized carbons (Fsp3) is 0.556. The van der Waals surface area contributed by atoms with Gasteiger partial charge >= 0.3 is 0 Å². The smallest absolute Gasteiger partial charge is 0.233 e. The average molecular weight is 366 g/mol. The second-order valence-corrected chi connectivity index (χ2v) is 6.73. The predicted octanol–water partition coefficient (Wildman–Crippen LogP) is 3.34. The van der Waals surface area contributed by atoms with Crippen LogP contribution in [-0.4, -0.2) is 23.4 Å². The molecule has 2 N–H and O–H groups in total. The van der Waals surface area contributed by atoms with Crippen molar-refractivity contribution < 1.29 is 14.0 Å². The Labute approximate surface area is 153 Å².